The van der Waals surface area contributed by atoms with Gasteiger partial charge in [-0.05, 0) is 25.0 Å². The minimum absolute atomic E-state index is 0.0113. The van der Waals surface area contributed by atoms with Gasteiger partial charge in [0.2, 0.25) is 17.6 Å². The zero-order chi connectivity index (χ0) is 21.1. The molecule has 1 aliphatic carbocycles. The first kappa shape index (κ1) is 19.9. The van der Waals surface area contributed by atoms with E-state index in [0.717, 1.165) is 5.69 Å². The van der Waals surface area contributed by atoms with Crippen molar-refractivity contribution in [2.24, 2.45) is 7.05 Å². The SMILES string of the molecule is Cn1cncc1-c1ccnc(C(=O)Nc2ccc(OC3CCC(F)(F)CC3)nc2)n1. The van der Waals surface area contributed by atoms with Crippen molar-refractivity contribution < 1.29 is 18.3 Å². The van der Waals surface area contributed by atoms with Crippen LogP contribution in [-0.2, 0) is 7.05 Å². The molecule has 3 aromatic heterocycles. The number of anilines is 1. The molecule has 3 aromatic rings. The number of nitrogens with one attached hydrogen (secondary N) is 1. The molecule has 0 unspecified atom stereocenters. The largest absolute Gasteiger partial charge is 0.474 e. The van der Waals surface area contributed by atoms with Gasteiger partial charge in [0.25, 0.3) is 5.91 Å². The number of alkyl halides is 2. The van der Waals surface area contributed by atoms with Gasteiger partial charge in [-0.1, -0.05) is 0 Å². The van der Waals surface area contributed by atoms with Crippen molar-refractivity contribution in [2.75, 3.05) is 5.32 Å². The summed E-state index contributed by atoms with van der Waals surface area (Å²) in [5.41, 5.74) is 1.78. The molecule has 8 nitrogen and oxygen atoms in total. The van der Waals surface area contributed by atoms with Gasteiger partial charge in [-0.3, -0.25) is 4.79 Å². The van der Waals surface area contributed by atoms with Crippen LogP contribution in [0.2, 0.25) is 0 Å². The second kappa shape index (κ2) is 8.13. The van der Waals surface area contributed by atoms with Gasteiger partial charge in [-0.25, -0.2) is 28.7 Å². The minimum atomic E-state index is -2.60. The topological polar surface area (TPSA) is 94.8 Å². The van der Waals surface area contributed by atoms with Crippen LogP contribution >= 0.6 is 0 Å². The van der Waals surface area contributed by atoms with Crippen LogP contribution in [0.3, 0.4) is 0 Å². The monoisotopic (exact) mass is 414 g/mol. The second-order valence-electron chi connectivity index (χ2n) is 7.17. The minimum Gasteiger partial charge on any atom is -0.474 e. The summed E-state index contributed by atoms with van der Waals surface area (Å²) >= 11 is 0. The number of hydrogen-bond donors (Lipinski definition) is 1. The molecule has 4 rings (SSSR count). The molecule has 0 spiro atoms. The first-order chi connectivity index (χ1) is 14.4. The van der Waals surface area contributed by atoms with Crippen molar-refractivity contribution in [3.8, 4) is 17.3 Å². The maximum Gasteiger partial charge on any atom is 0.293 e. The first-order valence-corrected chi connectivity index (χ1v) is 9.51. The van der Waals surface area contributed by atoms with Crippen LogP contribution in [0.25, 0.3) is 11.4 Å². The summed E-state index contributed by atoms with van der Waals surface area (Å²) in [6.45, 7) is 0. The first-order valence-electron chi connectivity index (χ1n) is 9.51. The molecule has 0 aliphatic heterocycles. The molecule has 1 fully saturated rings. The van der Waals surface area contributed by atoms with E-state index in [2.05, 4.69) is 25.3 Å². The van der Waals surface area contributed by atoms with Crippen molar-refractivity contribution in [2.45, 2.75) is 37.7 Å². The number of amides is 1. The molecular formula is C20H20F2N6O2. The summed E-state index contributed by atoms with van der Waals surface area (Å²) in [6.07, 6.45) is 6.19. The van der Waals surface area contributed by atoms with Gasteiger partial charge in [-0.2, -0.15) is 0 Å². The number of halogens is 2. The highest BCUT2D eigenvalue weighted by Gasteiger charge is 2.35. The molecular weight excluding hydrogens is 394 g/mol. The number of nitrogens with zero attached hydrogens (tertiary/aromatic N) is 5. The highest BCUT2D eigenvalue weighted by atomic mass is 19.3. The predicted molar refractivity (Wildman–Crippen MR) is 104 cm³/mol. The molecule has 0 radical (unpaired) electrons. The van der Waals surface area contributed by atoms with Crippen LogP contribution in [0.4, 0.5) is 14.5 Å². The normalized spacial score (nSPS) is 16.2. The molecule has 1 N–H and O–H groups in total. The zero-order valence-corrected chi connectivity index (χ0v) is 16.3. The van der Waals surface area contributed by atoms with Crippen LogP contribution in [0, 0.1) is 0 Å². The summed E-state index contributed by atoms with van der Waals surface area (Å²) in [6, 6.07) is 4.92. The number of imidazole rings is 1. The lowest BCUT2D eigenvalue weighted by Crippen LogP contribution is -2.30. The number of pyridine rings is 1. The van der Waals surface area contributed by atoms with Crippen LogP contribution in [0.1, 0.15) is 36.3 Å². The van der Waals surface area contributed by atoms with E-state index in [0.29, 0.717) is 17.3 Å². The Hall–Kier alpha value is -3.43. The third-order valence-electron chi connectivity index (χ3n) is 4.88. The van der Waals surface area contributed by atoms with Gasteiger partial charge in [0, 0.05) is 32.2 Å². The number of carbonyl (C=O) groups excluding carboxylic acids is 1. The third kappa shape index (κ3) is 4.58. The van der Waals surface area contributed by atoms with Crippen molar-refractivity contribution in [1.29, 1.82) is 0 Å². The predicted octanol–water partition coefficient (Wildman–Crippen LogP) is 3.48. The molecule has 1 amide bonds. The van der Waals surface area contributed by atoms with E-state index in [1.807, 2.05) is 7.05 Å². The van der Waals surface area contributed by atoms with Gasteiger partial charge >= 0.3 is 0 Å². The zero-order valence-electron chi connectivity index (χ0n) is 16.3. The Morgan fingerprint density at radius 1 is 1.20 bits per heavy atom. The number of rotatable bonds is 5. The lowest BCUT2D eigenvalue weighted by molar-refractivity contribution is -0.0588. The van der Waals surface area contributed by atoms with E-state index in [1.54, 1.807) is 35.3 Å². The standard InChI is InChI=1S/C20H20F2N6O2/c1-28-12-23-11-16(28)15-6-9-24-18(27-15)19(29)26-13-2-3-17(25-10-13)30-14-4-7-20(21,22)8-5-14/h2-3,6,9-12,14H,4-5,7-8H2,1H3,(H,26,29). The fourth-order valence-corrected chi connectivity index (χ4v) is 3.23. The van der Waals surface area contributed by atoms with Gasteiger partial charge < -0.3 is 14.6 Å². The van der Waals surface area contributed by atoms with E-state index < -0.39 is 11.8 Å². The summed E-state index contributed by atoms with van der Waals surface area (Å²) in [5.74, 6) is -2.74. The van der Waals surface area contributed by atoms with Crippen LogP contribution in [0.15, 0.2) is 43.1 Å². The van der Waals surface area contributed by atoms with Crippen molar-refractivity contribution in [3.63, 3.8) is 0 Å². The maximum atomic E-state index is 13.2. The smallest absolute Gasteiger partial charge is 0.293 e. The summed E-state index contributed by atoms with van der Waals surface area (Å²) in [4.78, 5) is 29.0. The number of ether oxygens (including phenoxy) is 1. The van der Waals surface area contributed by atoms with E-state index >= 15 is 0 Å². The van der Waals surface area contributed by atoms with Crippen LogP contribution < -0.4 is 10.1 Å². The Labute approximate surface area is 171 Å². The molecule has 0 bridgehead atoms. The van der Waals surface area contributed by atoms with E-state index in [1.165, 1.54) is 12.4 Å². The Morgan fingerprint density at radius 3 is 2.67 bits per heavy atom. The van der Waals surface area contributed by atoms with E-state index in [9.17, 15) is 13.6 Å². The van der Waals surface area contributed by atoms with Crippen LogP contribution in [0.5, 0.6) is 5.88 Å². The highest BCUT2D eigenvalue weighted by molar-refractivity contribution is 6.01. The molecule has 1 aliphatic rings. The molecule has 156 valence electrons. The molecule has 3 heterocycles. The molecule has 0 atom stereocenters. The van der Waals surface area contributed by atoms with Crippen molar-refractivity contribution >= 4 is 11.6 Å². The van der Waals surface area contributed by atoms with Gasteiger partial charge in [0.15, 0.2) is 0 Å². The summed E-state index contributed by atoms with van der Waals surface area (Å²) in [7, 11) is 1.83. The molecule has 1 saturated carbocycles. The number of carbonyl (C=O) groups is 1. The van der Waals surface area contributed by atoms with Gasteiger partial charge in [0.05, 0.1) is 35.8 Å². The van der Waals surface area contributed by atoms with Crippen LogP contribution in [-0.4, -0.2) is 42.4 Å². The second-order valence-corrected chi connectivity index (χ2v) is 7.17. The Balaban J connectivity index is 1.38. The van der Waals surface area contributed by atoms with Crippen molar-refractivity contribution in [3.05, 3.63) is 48.9 Å². The van der Waals surface area contributed by atoms with E-state index in [4.69, 9.17) is 4.74 Å². The van der Waals surface area contributed by atoms with Gasteiger partial charge in [0.1, 0.15) is 6.10 Å². The van der Waals surface area contributed by atoms with Crippen molar-refractivity contribution in [1.82, 2.24) is 24.5 Å². The summed E-state index contributed by atoms with van der Waals surface area (Å²) < 4.78 is 33.9. The fourth-order valence-electron chi connectivity index (χ4n) is 3.23. The van der Waals surface area contributed by atoms with E-state index in [-0.39, 0.29) is 37.6 Å². The molecule has 0 aromatic carbocycles. The number of aromatic nitrogens is 5. The average Bonchev–Trinajstić information content (AvgIpc) is 3.17. The quantitative estimate of drug-likeness (QED) is 0.687. The molecule has 0 saturated heterocycles. The fraction of sp³-hybridized carbons (Fsp3) is 0.350. The molecule has 30 heavy (non-hydrogen) atoms. The highest BCUT2D eigenvalue weighted by Crippen LogP contribution is 2.34. The lowest BCUT2D eigenvalue weighted by atomic mass is 9.94. The van der Waals surface area contributed by atoms with Gasteiger partial charge in [-0.15, -0.1) is 0 Å². The molecule has 10 heteroatoms. The Kier molecular flexibility index (Phi) is 5.39. The maximum absolute atomic E-state index is 13.2. The Morgan fingerprint density at radius 2 is 2.00 bits per heavy atom. The Bertz CT molecular complexity index is 1030. The lowest BCUT2D eigenvalue weighted by Gasteiger charge is -2.28. The number of aryl methyl sites for hydroxylation is 1. The summed E-state index contributed by atoms with van der Waals surface area (Å²) in [5, 5.41) is 2.68. The average molecular weight is 414 g/mol. The third-order valence-corrected chi connectivity index (χ3v) is 4.88. The number of hydrogen-bond acceptors (Lipinski definition) is 6.